The van der Waals surface area contributed by atoms with E-state index in [2.05, 4.69) is 28.6 Å². The van der Waals surface area contributed by atoms with Crippen molar-refractivity contribution in [3.8, 4) is 0 Å². The number of nitrogens with zero attached hydrogens (tertiary/aromatic N) is 3. The van der Waals surface area contributed by atoms with E-state index in [1.165, 1.54) is 0 Å². The third-order valence-corrected chi connectivity index (χ3v) is 3.96. The lowest BCUT2D eigenvalue weighted by atomic mass is 10.2. The molecule has 0 bridgehead atoms. The predicted molar refractivity (Wildman–Crippen MR) is 77.7 cm³/mol. The van der Waals surface area contributed by atoms with Crippen LogP contribution >= 0.6 is 23.2 Å². The molecule has 1 fully saturated rings. The molecule has 0 aliphatic carbocycles. The van der Waals surface area contributed by atoms with Gasteiger partial charge in [0, 0.05) is 44.3 Å². The van der Waals surface area contributed by atoms with Gasteiger partial charge in [-0.1, -0.05) is 11.6 Å². The Bertz CT molecular complexity index is 401. The Morgan fingerprint density at radius 1 is 1.28 bits per heavy atom. The highest BCUT2D eigenvalue weighted by molar-refractivity contribution is 6.33. The Morgan fingerprint density at radius 3 is 2.44 bits per heavy atom. The second-order valence-corrected chi connectivity index (χ2v) is 5.57. The van der Waals surface area contributed by atoms with Gasteiger partial charge in [0.1, 0.15) is 5.82 Å². The first-order chi connectivity index (χ1) is 8.61. The maximum Gasteiger partial charge on any atom is 0.147 e. The summed E-state index contributed by atoms with van der Waals surface area (Å²) in [6.07, 6.45) is 1.81. The van der Waals surface area contributed by atoms with Crippen LogP contribution in [0.2, 0.25) is 5.02 Å². The van der Waals surface area contributed by atoms with Crippen molar-refractivity contribution in [1.82, 2.24) is 9.88 Å². The van der Waals surface area contributed by atoms with Gasteiger partial charge in [0.15, 0.2) is 0 Å². The molecule has 3 nitrogen and oxygen atoms in total. The lowest BCUT2D eigenvalue weighted by Gasteiger charge is -2.37. The number of hydrogen-bond donors (Lipinski definition) is 0. The molecule has 0 unspecified atom stereocenters. The van der Waals surface area contributed by atoms with Crippen LogP contribution in [0.1, 0.15) is 19.4 Å². The minimum atomic E-state index is 0.453. The molecule has 0 amide bonds. The fourth-order valence-electron chi connectivity index (χ4n) is 2.23. The molecular weight excluding hydrogens is 269 g/mol. The predicted octanol–water partition coefficient (Wildman–Crippen LogP) is 3.00. The van der Waals surface area contributed by atoms with E-state index < -0.39 is 0 Å². The number of alkyl halides is 1. The molecule has 1 saturated heterocycles. The van der Waals surface area contributed by atoms with E-state index in [4.69, 9.17) is 23.2 Å². The Morgan fingerprint density at radius 2 is 1.94 bits per heavy atom. The Hall–Kier alpha value is -0.510. The van der Waals surface area contributed by atoms with Gasteiger partial charge >= 0.3 is 0 Å². The van der Waals surface area contributed by atoms with Crippen molar-refractivity contribution in [2.24, 2.45) is 0 Å². The number of aromatic nitrogens is 1. The summed E-state index contributed by atoms with van der Waals surface area (Å²) in [7, 11) is 0. The van der Waals surface area contributed by atoms with Crippen molar-refractivity contribution in [3.05, 3.63) is 22.8 Å². The van der Waals surface area contributed by atoms with Gasteiger partial charge in [0.2, 0.25) is 0 Å². The maximum atomic E-state index is 6.26. The van der Waals surface area contributed by atoms with Crippen molar-refractivity contribution >= 4 is 29.0 Å². The van der Waals surface area contributed by atoms with Gasteiger partial charge in [-0.15, -0.1) is 11.6 Å². The van der Waals surface area contributed by atoms with Gasteiger partial charge in [0.05, 0.1) is 5.02 Å². The van der Waals surface area contributed by atoms with Crippen LogP contribution in [-0.2, 0) is 5.88 Å². The summed E-state index contributed by atoms with van der Waals surface area (Å²) in [5, 5.41) is 0.700. The Balaban J connectivity index is 2.05. The topological polar surface area (TPSA) is 19.4 Å². The Labute approximate surface area is 119 Å². The highest BCUT2D eigenvalue weighted by atomic mass is 35.5. The zero-order valence-electron chi connectivity index (χ0n) is 10.9. The molecule has 5 heteroatoms. The lowest BCUT2D eigenvalue weighted by Crippen LogP contribution is -2.49. The van der Waals surface area contributed by atoms with Crippen molar-refractivity contribution in [3.63, 3.8) is 0 Å². The number of halogens is 2. The highest BCUT2D eigenvalue weighted by Crippen LogP contribution is 2.25. The van der Waals surface area contributed by atoms with Crippen LogP contribution in [0.4, 0.5) is 5.82 Å². The van der Waals surface area contributed by atoms with E-state index in [1.54, 1.807) is 0 Å². The van der Waals surface area contributed by atoms with Crippen LogP contribution in [0.3, 0.4) is 0 Å². The smallest absolute Gasteiger partial charge is 0.147 e. The SMILES string of the molecule is CC(C)N1CCN(c2ncc(CCl)cc2Cl)CC1. The number of piperazine rings is 1. The molecule has 2 heterocycles. The summed E-state index contributed by atoms with van der Waals surface area (Å²) in [5.74, 6) is 1.34. The quantitative estimate of drug-likeness (QED) is 0.797. The van der Waals surface area contributed by atoms with E-state index in [-0.39, 0.29) is 0 Å². The molecular formula is C13H19Cl2N3. The van der Waals surface area contributed by atoms with Crippen LogP contribution in [0.5, 0.6) is 0 Å². The standard InChI is InChI=1S/C13H19Cl2N3/c1-10(2)17-3-5-18(6-4-17)13-12(15)7-11(8-14)9-16-13/h7,9-10H,3-6,8H2,1-2H3. The van der Waals surface area contributed by atoms with Crippen molar-refractivity contribution in [2.75, 3.05) is 31.1 Å². The molecule has 0 N–H and O–H groups in total. The zero-order chi connectivity index (χ0) is 13.1. The molecule has 100 valence electrons. The van der Waals surface area contributed by atoms with Crippen LogP contribution < -0.4 is 4.90 Å². The molecule has 1 aliphatic heterocycles. The largest absolute Gasteiger partial charge is 0.353 e. The molecule has 0 atom stereocenters. The minimum absolute atomic E-state index is 0.453. The lowest BCUT2D eigenvalue weighted by molar-refractivity contribution is 0.209. The average Bonchev–Trinajstić information content (AvgIpc) is 2.38. The molecule has 1 aromatic heterocycles. The second-order valence-electron chi connectivity index (χ2n) is 4.90. The van der Waals surface area contributed by atoms with Crippen LogP contribution in [-0.4, -0.2) is 42.1 Å². The Kier molecular flexibility index (Phi) is 4.71. The third-order valence-electron chi connectivity index (χ3n) is 3.38. The number of pyridine rings is 1. The maximum absolute atomic E-state index is 6.26. The van der Waals surface area contributed by atoms with Crippen LogP contribution in [0.25, 0.3) is 0 Å². The monoisotopic (exact) mass is 287 g/mol. The van der Waals surface area contributed by atoms with E-state index in [0.717, 1.165) is 37.6 Å². The van der Waals surface area contributed by atoms with Crippen LogP contribution in [0, 0.1) is 0 Å². The third kappa shape index (κ3) is 3.08. The fourth-order valence-corrected chi connectivity index (χ4v) is 2.68. The van der Waals surface area contributed by atoms with Crippen molar-refractivity contribution in [1.29, 1.82) is 0 Å². The van der Waals surface area contributed by atoms with Gasteiger partial charge in [-0.3, -0.25) is 4.90 Å². The van der Waals surface area contributed by atoms with Crippen LogP contribution in [0.15, 0.2) is 12.3 Å². The van der Waals surface area contributed by atoms with Gasteiger partial charge in [-0.05, 0) is 25.5 Å². The van der Waals surface area contributed by atoms with Gasteiger partial charge < -0.3 is 4.90 Å². The molecule has 1 aliphatic rings. The first-order valence-corrected chi connectivity index (χ1v) is 7.22. The summed E-state index contributed by atoms with van der Waals surface area (Å²) < 4.78 is 0. The molecule has 1 aromatic rings. The summed E-state index contributed by atoms with van der Waals surface area (Å²) in [6.45, 7) is 8.54. The first kappa shape index (κ1) is 13.9. The average molecular weight is 288 g/mol. The summed E-state index contributed by atoms with van der Waals surface area (Å²) >= 11 is 12.0. The summed E-state index contributed by atoms with van der Waals surface area (Å²) in [4.78, 5) is 9.15. The summed E-state index contributed by atoms with van der Waals surface area (Å²) in [6, 6.07) is 2.51. The molecule has 0 radical (unpaired) electrons. The number of rotatable bonds is 3. The van der Waals surface area contributed by atoms with E-state index in [1.807, 2.05) is 12.3 Å². The molecule has 2 rings (SSSR count). The molecule has 0 aromatic carbocycles. The fraction of sp³-hybridized carbons (Fsp3) is 0.615. The highest BCUT2D eigenvalue weighted by Gasteiger charge is 2.21. The van der Waals surface area contributed by atoms with Crippen molar-refractivity contribution < 1.29 is 0 Å². The molecule has 0 spiro atoms. The number of hydrogen-bond acceptors (Lipinski definition) is 3. The normalized spacial score (nSPS) is 17.5. The van der Waals surface area contributed by atoms with Crippen molar-refractivity contribution in [2.45, 2.75) is 25.8 Å². The van der Waals surface area contributed by atoms with E-state index >= 15 is 0 Å². The van der Waals surface area contributed by atoms with E-state index in [9.17, 15) is 0 Å². The van der Waals surface area contributed by atoms with Gasteiger partial charge in [-0.2, -0.15) is 0 Å². The molecule has 0 saturated carbocycles. The number of anilines is 1. The summed E-state index contributed by atoms with van der Waals surface area (Å²) in [5.41, 5.74) is 0.964. The van der Waals surface area contributed by atoms with E-state index in [0.29, 0.717) is 16.9 Å². The van der Waals surface area contributed by atoms with Gasteiger partial charge in [-0.25, -0.2) is 4.98 Å². The molecule has 18 heavy (non-hydrogen) atoms. The van der Waals surface area contributed by atoms with Gasteiger partial charge in [0.25, 0.3) is 0 Å². The zero-order valence-corrected chi connectivity index (χ0v) is 12.4. The second kappa shape index (κ2) is 6.09. The minimum Gasteiger partial charge on any atom is -0.353 e. The first-order valence-electron chi connectivity index (χ1n) is 6.31.